The van der Waals surface area contributed by atoms with Crippen molar-refractivity contribution in [3.05, 3.63) is 72.4 Å². The van der Waals surface area contributed by atoms with E-state index in [1.807, 2.05) is 4.90 Å². The predicted octanol–water partition coefficient (Wildman–Crippen LogP) is 4.01. The van der Waals surface area contributed by atoms with Crippen LogP contribution in [0.2, 0.25) is 0 Å². The fourth-order valence-electron chi connectivity index (χ4n) is 3.65. The summed E-state index contributed by atoms with van der Waals surface area (Å²) in [5.41, 5.74) is 0.546. The van der Waals surface area contributed by atoms with Crippen LogP contribution in [0.25, 0.3) is 21.5 Å². The van der Waals surface area contributed by atoms with E-state index in [-0.39, 0.29) is 11.8 Å². The molecule has 0 aromatic heterocycles. The van der Waals surface area contributed by atoms with Crippen molar-refractivity contribution in [3.63, 3.8) is 0 Å². The molecule has 2 amide bonds. The summed E-state index contributed by atoms with van der Waals surface area (Å²) in [7, 11) is 0. The van der Waals surface area contributed by atoms with Gasteiger partial charge in [0.15, 0.2) is 0 Å². The fraction of sp³-hybridized carbons (Fsp3) is 0.217. The lowest BCUT2D eigenvalue weighted by atomic mass is 10.0. The highest BCUT2D eigenvalue weighted by molar-refractivity contribution is 6.15. The lowest BCUT2D eigenvalue weighted by molar-refractivity contribution is -0.124. The van der Waals surface area contributed by atoms with Gasteiger partial charge in [-0.3, -0.25) is 14.9 Å². The quantitative estimate of drug-likeness (QED) is 0.528. The molecule has 0 radical (unpaired) electrons. The number of hydrogen-bond donors (Lipinski definition) is 1. The van der Waals surface area contributed by atoms with E-state index in [1.165, 1.54) is 34.0 Å². The van der Waals surface area contributed by atoms with E-state index in [9.17, 15) is 9.59 Å². The SMILES string of the molecule is O=C1C=C(N2CCCCC2)C(=O)N1.c1ccc2cc3ccccc3cc2c1. The van der Waals surface area contributed by atoms with Crippen LogP contribution in [0.1, 0.15) is 19.3 Å². The molecule has 27 heavy (non-hydrogen) atoms. The molecule has 0 bridgehead atoms. The summed E-state index contributed by atoms with van der Waals surface area (Å²) in [5, 5.41) is 7.50. The van der Waals surface area contributed by atoms with E-state index >= 15 is 0 Å². The monoisotopic (exact) mass is 358 g/mol. The smallest absolute Gasteiger partial charge is 0.274 e. The third kappa shape index (κ3) is 3.85. The van der Waals surface area contributed by atoms with Crippen molar-refractivity contribution >= 4 is 33.4 Å². The van der Waals surface area contributed by atoms with E-state index in [2.05, 4.69) is 66.0 Å². The van der Waals surface area contributed by atoms with Gasteiger partial charge in [-0.05, 0) is 52.9 Å². The molecule has 3 aromatic carbocycles. The normalized spacial score (nSPS) is 16.7. The maximum atomic E-state index is 11.2. The van der Waals surface area contributed by atoms with Gasteiger partial charge in [0.05, 0.1) is 0 Å². The first-order valence-corrected chi connectivity index (χ1v) is 9.40. The zero-order valence-electron chi connectivity index (χ0n) is 15.2. The Morgan fingerprint density at radius 2 is 1.19 bits per heavy atom. The Balaban J connectivity index is 0.000000134. The summed E-state index contributed by atoms with van der Waals surface area (Å²) < 4.78 is 0. The Labute approximate surface area is 158 Å². The first-order chi connectivity index (χ1) is 13.2. The second kappa shape index (κ2) is 7.62. The molecule has 5 rings (SSSR count). The Kier molecular flexibility index (Phi) is 4.88. The van der Waals surface area contributed by atoms with Gasteiger partial charge in [-0.1, -0.05) is 48.5 Å². The Morgan fingerprint density at radius 3 is 1.59 bits per heavy atom. The zero-order valence-corrected chi connectivity index (χ0v) is 15.2. The van der Waals surface area contributed by atoms with E-state index in [4.69, 9.17) is 0 Å². The van der Waals surface area contributed by atoms with Crippen molar-refractivity contribution in [2.24, 2.45) is 0 Å². The molecule has 0 aliphatic carbocycles. The number of imide groups is 1. The number of piperidine rings is 1. The van der Waals surface area contributed by atoms with Gasteiger partial charge in [-0.25, -0.2) is 0 Å². The Bertz CT molecular complexity index is 928. The van der Waals surface area contributed by atoms with E-state index in [0.717, 1.165) is 25.9 Å². The molecule has 4 heteroatoms. The first kappa shape index (κ1) is 17.3. The van der Waals surface area contributed by atoms with Crippen LogP contribution in [-0.2, 0) is 9.59 Å². The highest BCUT2D eigenvalue weighted by Crippen LogP contribution is 2.22. The summed E-state index contributed by atoms with van der Waals surface area (Å²) in [6.07, 6.45) is 4.84. The number of nitrogens with zero attached hydrogens (tertiary/aromatic N) is 1. The van der Waals surface area contributed by atoms with Crippen molar-refractivity contribution in [2.45, 2.75) is 19.3 Å². The van der Waals surface area contributed by atoms with E-state index < -0.39 is 0 Å². The van der Waals surface area contributed by atoms with Crippen LogP contribution < -0.4 is 5.32 Å². The molecule has 136 valence electrons. The minimum absolute atomic E-state index is 0.244. The van der Waals surface area contributed by atoms with Crippen molar-refractivity contribution in [1.82, 2.24) is 10.2 Å². The van der Waals surface area contributed by atoms with Gasteiger partial charge in [0.25, 0.3) is 11.8 Å². The number of carbonyl (C=O) groups excluding carboxylic acids is 2. The number of fused-ring (bicyclic) bond motifs is 2. The summed E-state index contributed by atoms with van der Waals surface area (Å²) >= 11 is 0. The second-order valence-corrected chi connectivity index (χ2v) is 6.94. The molecule has 2 heterocycles. The highest BCUT2D eigenvalue weighted by atomic mass is 16.2. The van der Waals surface area contributed by atoms with Gasteiger partial charge >= 0.3 is 0 Å². The van der Waals surface area contributed by atoms with Crippen molar-refractivity contribution < 1.29 is 9.59 Å². The third-order valence-electron chi connectivity index (χ3n) is 5.05. The lowest BCUT2D eigenvalue weighted by Crippen LogP contribution is -2.34. The van der Waals surface area contributed by atoms with Crippen molar-refractivity contribution in [1.29, 1.82) is 0 Å². The van der Waals surface area contributed by atoms with Gasteiger partial charge in [-0.15, -0.1) is 0 Å². The third-order valence-corrected chi connectivity index (χ3v) is 5.05. The number of carbonyl (C=O) groups is 2. The molecular weight excluding hydrogens is 336 g/mol. The van der Waals surface area contributed by atoms with Gasteiger partial charge in [0.1, 0.15) is 5.70 Å². The molecule has 1 N–H and O–H groups in total. The molecule has 1 saturated heterocycles. The number of benzene rings is 3. The number of amides is 2. The summed E-state index contributed by atoms with van der Waals surface area (Å²) in [6, 6.07) is 21.4. The summed E-state index contributed by atoms with van der Waals surface area (Å²) in [6.45, 7) is 1.79. The standard InChI is InChI=1S/C14H10.C9H12N2O2/c1-2-6-12-10-14-8-4-3-7-13(14)9-11(12)5-1;12-8-6-7(9(13)10-8)11-4-2-1-3-5-11/h1-10H;6H,1-5H2,(H,10,12,13). The van der Waals surface area contributed by atoms with E-state index in [1.54, 1.807) is 0 Å². The van der Waals surface area contributed by atoms with Gasteiger partial charge < -0.3 is 4.90 Å². The Hall–Kier alpha value is -3.14. The Morgan fingerprint density at radius 1 is 0.704 bits per heavy atom. The number of hydrogen-bond acceptors (Lipinski definition) is 3. The minimum atomic E-state index is -0.287. The first-order valence-electron chi connectivity index (χ1n) is 9.40. The fourth-order valence-corrected chi connectivity index (χ4v) is 3.65. The van der Waals surface area contributed by atoms with Crippen LogP contribution in [-0.4, -0.2) is 29.8 Å². The maximum Gasteiger partial charge on any atom is 0.274 e. The van der Waals surface area contributed by atoms with Crippen LogP contribution >= 0.6 is 0 Å². The number of rotatable bonds is 1. The van der Waals surface area contributed by atoms with Gasteiger partial charge in [0, 0.05) is 19.2 Å². The molecule has 0 unspecified atom stereocenters. The molecule has 3 aromatic rings. The van der Waals surface area contributed by atoms with Gasteiger partial charge in [-0.2, -0.15) is 0 Å². The molecule has 1 fully saturated rings. The summed E-state index contributed by atoms with van der Waals surface area (Å²) in [4.78, 5) is 24.1. The maximum absolute atomic E-state index is 11.2. The predicted molar refractivity (Wildman–Crippen MR) is 108 cm³/mol. The molecule has 0 saturated carbocycles. The highest BCUT2D eigenvalue weighted by Gasteiger charge is 2.26. The topological polar surface area (TPSA) is 49.4 Å². The van der Waals surface area contributed by atoms with Crippen LogP contribution in [0.4, 0.5) is 0 Å². The average molecular weight is 358 g/mol. The van der Waals surface area contributed by atoms with Crippen molar-refractivity contribution in [2.75, 3.05) is 13.1 Å². The van der Waals surface area contributed by atoms with Crippen LogP contribution in [0.3, 0.4) is 0 Å². The molecule has 0 spiro atoms. The molecule has 2 aliphatic rings. The average Bonchev–Trinajstić information content (AvgIpc) is 3.05. The van der Waals surface area contributed by atoms with Crippen molar-refractivity contribution in [3.8, 4) is 0 Å². The zero-order chi connectivity index (χ0) is 18.6. The minimum Gasteiger partial charge on any atom is -0.367 e. The van der Waals surface area contributed by atoms with Gasteiger partial charge in [0.2, 0.25) is 0 Å². The lowest BCUT2D eigenvalue weighted by Gasteiger charge is -2.28. The largest absolute Gasteiger partial charge is 0.367 e. The molecule has 4 nitrogen and oxygen atoms in total. The molecule has 2 aliphatic heterocycles. The van der Waals surface area contributed by atoms with Crippen LogP contribution in [0.15, 0.2) is 72.4 Å². The molecular formula is C23H22N2O2. The van der Waals surface area contributed by atoms with Crippen LogP contribution in [0.5, 0.6) is 0 Å². The van der Waals surface area contributed by atoms with Crippen LogP contribution in [0, 0.1) is 0 Å². The summed E-state index contributed by atoms with van der Waals surface area (Å²) in [5.74, 6) is -0.530. The second-order valence-electron chi connectivity index (χ2n) is 6.94. The molecule has 0 atom stereocenters. The van der Waals surface area contributed by atoms with E-state index in [0.29, 0.717) is 5.70 Å². The number of nitrogens with one attached hydrogen (secondary N) is 1. The number of likely N-dealkylation sites (tertiary alicyclic amines) is 1.